The first-order valence-corrected chi connectivity index (χ1v) is 7.42. The van der Waals surface area contributed by atoms with E-state index in [1.807, 2.05) is 12.1 Å². The number of benzene rings is 1. The number of nitrogens with zero attached hydrogens (tertiary/aromatic N) is 1. The Morgan fingerprint density at radius 3 is 2.35 bits per heavy atom. The summed E-state index contributed by atoms with van der Waals surface area (Å²) in [6.07, 6.45) is 2.41. The quantitative estimate of drug-likeness (QED) is 0.893. The largest absolute Gasteiger partial charge is 0.314 e. The number of hydrogen-bond acceptors (Lipinski definition) is 2. The summed E-state index contributed by atoms with van der Waals surface area (Å²) in [7, 11) is 0. The van der Waals surface area contributed by atoms with Crippen LogP contribution < -0.4 is 5.32 Å². The second kappa shape index (κ2) is 8.60. The second-order valence-corrected chi connectivity index (χ2v) is 5.55. The van der Waals surface area contributed by atoms with Crippen molar-refractivity contribution in [3.8, 4) is 0 Å². The average molecular weight is 301 g/mol. The van der Waals surface area contributed by atoms with E-state index in [1.165, 1.54) is 18.4 Å². The lowest BCUT2D eigenvalue weighted by atomic mass is 9.89. The molecule has 1 heterocycles. The van der Waals surface area contributed by atoms with Crippen LogP contribution in [0.5, 0.6) is 0 Å². The Balaban J connectivity index is 0.00000200. The smallest absolute Gasteiger partial charge is 0.123 e. The highest BCUT2D eigenvalue weighted by atomic mass is 35.5. The zero-order valence-electron chi connectivity index (χ0n) is 12.4. The molecule has 1 fully saturated rings. The molecule has 0 aliphatic carbocycles. The van der Waals surface area contributed by atoms with E-state index in [0.717, 1.165) is 26.2 Å². The maximum Gasteiger partial charge on any atom is 0.123 e. The third-order valence-electron chi connectivity index (χ3n) is 4.04. The predicted octanol–water partition coefficient (Wildman–Crippen LogP) is 3.63. The van der Waals surface area contributed by atoms with Crippen LogP contribution in [0.3, 0.4) is 0 Å². The standard InChI is InChI=1S/C16H25FN2.ClH/c1-3-4-13(2)16(19-11-9-18-10-12-19)14-5-7-15(17)8-6-14;/h5-8,13,16,18H,3-4,9-12H2,1-2H3;1H/t13?,16-;/m1./s1. The Hall–Kier alpha value is -0.640. The molecule has 20 heavy (non-hydrogen) atoms. The van der Waals surface area contributed by atoms with E-state index < -0.39 is 0 Å². The lowest BCUT2D eigenvalue weighted by Crippen LogP contribution is -2.46. The van der Waals surface area contributed by atoms with Gasteiger partial charge in [0.2, 0.25) is 0 Å². The minimum Gasteiger partial charge on any atom is -0.314 e. The summed E-state index contributed by atoms with van der Waals surface area (Å²) in [5.41, 5.74) is 1.25. The summed E-state index contributed by atoms with van der Waals surface area (Å²) < 4.78 is 13.1. The van der Waals surface area contributed by atoms with Crippen molar-refractivity contribution in [2.75, 3.05) is 26.2 Å². The summed E-state index contributed by atoms with van der Waals surface area (Å²) in [5.74, 6) is 0.458. The molecule has 0 amide bonds. The maximum absolute atomic E-state index is 13.1. The highest BCUT2D eigenvalue weighted by molar-refractivity contribution is 5.85. The highest BCUT2D eigenvalue weighted by Gasteiger charge is 2.26. The van der Waals surface area contributed by atoms with Gasteiger partial charge in [0.1, 0.15) is 5.82 Å². The summed E-state index contributed by atoms with van der Waals surface area (Å²) >= 11 is 0. The van der Waals surface area contributed by atoms with Gasteiger partial charge in [-0.05, 0) is 30.0 Å². The van der Waals surface area contributed by atoms with Crippen LogP contribution in [-0.4, -0.2) is 31.1 Å². The van der Waals surface area contributed by atoms with Crippen molar-refractivity contribution in [1.29, 1.82) is 0 Å². The molecule has 1 aliphatic heterocycles. The van der Waals surface area contributed by atoms with Crippen LogP contribution in [0.4, 0.5) is 4.39 Å². The Kier molecular flexibility index (Phi) is 7.49. The van der Waals surface area contributed by atoms with Crippen molar-refractivity contribution >= 4 is 12.4 Å². The molecule has 0 radical (unpaired) electrons. The lowest BCUT2D eigenvalue weighted by molar-refractivity contribution is 0.126. The number of halogens is 2. The minimum atomic E-state index is -0.147. The first-order valence-electron chi connectivity index (χ1n) is 7.42. The molecule has 1 aromatic rings. The van der Waals surface area contributed by atoms with E-state index >= 15 is 0 Å². The van der Waals surface area contributed by atoms with Crippen LogP contribution in [0.2, 0.25) is 0 Å². The van der Waals surface area contributed by atoms with Gasteiger partial charge >= 0.3 is 0 Å². The monoisotopic (exact) mass is 300 g/mol. The third kappa shape index (κ3) is 4.44. The van der Waals surface area contributed by atoms with Gasteiger partial charge in [-0.15, -0.1) is 12.4 Å². The number of hydrogen-bond donors (Lipinski definition) is 1. The van der Waals surface area contributed by atoms with Crippen molar-refractivity contribution in [3.63, 3.8) is 0 Å². The molecule has 0 bridgehead atoms. The van der Waals surface area contributed by atoms with Crippen molar-refractivity contribution in [2.45, 2.75) is 32.7 Å². The molecule has 1 saturated heterocycles. The van der Waals surface area contributed by atoms with Crippen LogP contribution in [0.1, 0.15) is 38.3 Å². The SMILES string of the molecule is CCCC(C)[C@H](c1ccc(F)cc1)N1CCNCC1.Cl. The zero-order valence-corrected chi connectivity index (χ0v) is 13.3. The predicted molar refractivity (Wildman–Crippen MR) is 84.9 cm³/mol. The van der Waals surface area contributed by atoms with E-state index in [0.29, 0.717) is 12.0 Å². The second-order valence-electron chi connectivity index (χ2n) is 5.55. The molecule has 1 aromatic carbocycles. The van der Waals surface area contributed by atoms with Crippen LogP contribution in [0.25, 0.3) is 0 Å². The topological polar surface area (TPSA) is 15.3 Å². The zero-order chi connectivity index (χ0) is 13.7. The van der Waals surface area contributed by atoms with Crippen LogP contribution >= 0.6 is 12.4 Å². The average Bonchev–Trinajstić information content (AvgIpc) is 2.43. The number of rotatable bonds is 5. The van der Waals surface area contributed by atoms with Crippen LogP contribution in [-0.2, 0) is 0 Å². The van der Waals surface area contributed by atoms with Crippen molar-refractivity contribution in [1.82, 2.24) is 10.2 Å². The molecule has 114 valence electrons. The van der Waals surface area contributed by atoms with E-state index in [-0.39, 0.29) is 18.2 Å². The van der Waals surface area contributed by atoms with E-state index in [4.69, 9.17) is 0 Å². The molecule has 2 nitrogen and oxygen atoms in total. The van der Waals surface area contributed by atoms with Crippen molar-refractivity contribution in [2.24, 2.45) is 5.92 Å². The van der Waals surface area contributed by atoms with E-state index in [2.05, 4.69) is 24.1 Å². The van der Waals surface area contributed by atoms with Crippen LogP contribution in [0, 0.1) is 11.7 Å². The third-order valence-corrected chi connectivity index (χ3v) is 4.04. The van der Waals surface area contributed by atoms with Gasteiger partial charge in [-0.1, -0.05) is 32.4 Å². The Morgan fingerprint density at radius 1 is 1.20 bits per heavy atom. The van der Waals surface area contributed by atoms with Gasteiger partial charge in [0.25, 0.3) is 0 Å². The molecule has 1 unspecified atom stereocenters. The van der Waals surface area contributed by atoms with E-state index in [9.17, 15) is 4.39 Å². The van der Waals surface area contributed by atoms with Gasteiger partial charge in [0.05, 0.1) is 0 Å². The van der Waals surface area contributed by atoms with Crippen molar-refractivity contribution < 1.29 is 4.39 Å². The fourth-order valence-electron chi connectivity index (χ4n) is 3.13. The Morgan fingerprint density at radius 2 is 1.80 bits per heavy atom. The van der Waals surface area contributed by atoms with E-state index in [1.54, 1.807) is 12.1 Å². The number of nitrogens with one attached hydrogen (secondary N) is 1. The molecule has 2 rings (SSSR count). The number of piperazine rings is 1. The highest BCUT2D eigenvalue weighted by Crippen LogP contribution is 2.31. The molecule has 1 N–H and O–H groups in total. The van der Waals surface area contributed by atoms with Gasteiger partial charge < -0.3 is 5.32 Å². The van der Waals surface area contributed by atoms with Gasteiger partial charge in [-0.25, -0.2) is 4.39 Å². The minimum absolute atomic E-state index is 0. The summed E-state index contributed by atoms with van der Waals surface area (Å²) in [6, 6.07) is 7.50. The molecule has 2 atom stereocenters. The Labute approximate surface area is 128 Å². The first-order chi connectivity index (χ1) is 9.22. The summed E-state index contributed by atoms with van der Waals surface area (Å²) in [5, 5.41) is 3.40. The van der Waals surface area contributed by atoms with Gasteiger partial charge in [-0.2, -0.15) is 0 Å². The summed E-state index contributed by atoms with van der Waals surface area (Å²) in [6.45, 7) is 8.81. The lowest BCUT2D eigenvalue weighted by Gasteiger charge is -2.38. The Bertz CT molecular complexity index is 377. The maximum atomic E-state index is 13.1. The fourth-order valence-corrected chi connectivity index (χ4v) is 3.13. The van der Waals surface area contributed by atoms with Gasteiger partial charge in [0.15, 0.2) is 0 Å². The molecular formula is C16H26ClFN2. The van der Waals surface area contributed by atoms with Crippen LogP contribution in [0.15, 0.2) is 24.3 Å². The van der Waals surface area contributed by atoms with Crippen molar-refractivity contribution in [3.05, 3.63) is 35.6 Å². The van der Waals surface area contributed by atoms with Gasteiger partial charge in [0, 0.05) is 32.2 Å². The summed E-state index contributed by atoms with van der Waals surface area (Å²) in [4.78, 5) is 2.55. The molecular weight excluding hydrogens is 275 g/mol. The molecule has 0 aromatic heterocycles. The molecule has 0 spiro atoms. The molecule has 4 heteroatoms. The molecule has 1 aliphatic rings. The van der Waals surface area contributed by atoms with Gasteiger partial charge in [-0.3, -0.25) is 4.90 Å². The first kappa shape index (κ1) is 17.4. The fraction of sp³-hybridized carbons (Fsp3) is 0.625. The normalized spacial score (nSPS) is 19.1. The molecule has 0 saturated carbocycles.